The fourth-order valence-corrected chi connectivity index (χ4v) is 3.61. The lowest BCUT2D eigenvalue weighted by molar-refractivity contribution is 0.0948. The summed E-state index contributed by atoms with van der Waals surface area (Å²) < 4.78 is 6.92. The summed E-state index contributed by atoms with van der Waals surface area (Å²) in [4.78, 5) is 27.7. The molecule has 0 bridgehead atoms. The summed E-state index contributed by atoms with van der Waals surface area (Å²) in [7, 11) is 0. The zero-order valence-electron chi connectivity index (χ0n) is 14.6. The maximum absolute atomic E-state index is 12.3. The molecule has 8 heteroatoms. The number of para-hydroxylation sites is 1. The third-order valence-electron chi connectivity index (χ3n) is 4.00. The summed E-state index contributed by atoms with van der Waals surface area (Å²) in [6.07, 6.45) is 0. The molecule has 3 amide bonds. The van der Waals surface area contributed by atoms with Crippen LogP contribution in [0.4, 0.5) is 10.5 Å². The monoisotopic (exact) mass is 392 g/mol. The molecule has 0 spiro atoms. The smallest absolute Gasteiger partial charge is 0.316 e. The molecule has 2 aromatic carbocycles. The molecule has 0 saturated carbocycles. The van der Waals surface area contributed by atoms with Crippen molar-refractivity contribution < 1.29 is 14.0 Å². The number of aromatic nitrogens is 1. The number of anilines is 1. The number of hydrogen-bond donors (Lipinski definition) is 3. The van der Waals surface area contributed by atoms with E-state index in [2.05, 4.69) is 15.6 Å². The highest BCUT2D eigenvalue weighted by molar-refractivity contribution is 7.21. The quantitative estimate of drug-likeness (QED) is 0.477. The van der Waals surface area contributed by atoms with Crippen molar-refractivity contribution in [2.45, 2.75) is 6.54 Å². The second-order valence-electron chi connectivity index (χ2n) is 6.00. The number of nitrogens with zero attached hydrogens (tertiary/aromatic N) is 1. The van der Waals surface area contributed by atoms with E-state index in [-0.39, 0.29) is 12.5 Å². The normalized spacial score (nSPS) is 10.7. The molecule has 0 unspecified atom stereocenters. The van der Waals surface area contributed by atoms with Crippen LogP contribution in [-0.4, -0.2) is 16.9 Å². The van der Waals surface area contributed by atoms with Crippen molar-refractivity contribution in [3.63, 3.8) is 0 Å². The second-order valence-corrected chi connectivity index (χ2v) is 7.03. The molecule has 0 saturated heterocycles. The maximum Gasteiger partial charge on any atom is 0.316 e. The van der Waals surface area contributed by atoms with Crippen molar-refractivity contribution in [3.05, 3.63) is 72.0 Å². The number of nitrogens with two attached hydrogens (primary N) is 1. The summed E-state index contributed by atoms with van der Waals surface area (Å²) >= 11 is 1.56. The van der Waals surface area contributed by atoms with E-state index in [4.69, 9.17) is 10.2 Å². The highest BCUT2D eigenvalue weighted by Gasteiger charge is 2.12. The Morgan fingerprint density at radius 2 is 1.82 bits per heavy atom. The van der Waals surface area contributed by atoms with Gasteiger partial charge in [0.15, 0.2) is 10.8 Å². The zero-order valence-corrected chi connectivity index (χ0v) is 15.5. The van der Waals surface area contributed by atoms with E-state index in [1.165, 1.54) is 0 Å². The van der Waals surface area contributed by atoms with Crippen molar-refractivity contribution in [1.82, 2.24) is 10.3 Å². The molecule has 2 aromatic heterocycles. The summed E-state index contributed by atoms with van der Waals surface area (Å²) in [5.74, 6) is 1.06. The number of nitrogens with one attached hydrogen (secondary N) is 2. The third kappa shape index (κ3) is 3.86. The molecular weight excluding hydrogens is 376 g/mol. The predicted octanol–water partition coefficient (Wildman–Crippen LogP) is 3.98. The van der Waals surface area contributed by atoms with Crippen LogP contribution in [0.3, 0.4) is 0 Å². The Bertz CT molecular complexity index is 1110. The van der Waals surface area contributed by atoms with Crippen LogP contribution in [0.1, 0.15) is 16.1 Å². The van der Waals surface area contributed by atoms with Gasteiger partial charge in [-0.2, -0.15) is 0 Å². The Balaban J connectivity index is 1.40. The molecule has 0 radical (unpaired) electrons. The first-order valence-electron chi connectivity index (χ1n) is 8.48. The minimum atomic E-state index is -0.654. The molecular formula is C20H16N4O3S. The summed E-state index contributed by atoms with van der Waals surface area (Å²) in [6, 6.07) is 17.4. The Morgan fingerprint density at radius 1 is 1.04 bits per heavy atom. The molecule has 0 aliphatic carbocycles. The van der Waals surface area contributed by atoms with E-state index in [9.17, 15) is 9.59 Å². The van der Waals surface area contributed by atoms with Crippen LogP contribution >= 0.6 is 11.3 Å². The van der Waals surface area contributed by atoms with Crippen molar-refractivity contribution in [1.29, 1.82) is 0 Å². The van der Waals surface area contributed by atoms with Crippen LogP contribution in [0.5, 0.6) is 0 Å². The molecule has 28 heavy (non-hydrogen) atoms. The van der Waals surface area contributed by atoms with Gasteiger partial charge in [-0.1, -0.05) is 12.1 Å². The summed E-state index contributed by atoms with van der Waals surface area (Å²) in [5, 5.41) is 6.05. The molecule has 0 fully saturated rings. The first-order chi connectivity index (χ1) is 13.6. The molecule has 7 nitrogen and oxygen atoms in total. The minimum Gasteiger partial charge on any atom is -0.457 e. The first-order valence-corrected chi connectivity index (χ1v) is 9.29. The van der Waals surface area contributed by atoms with Gasteiger partial charge < -0.3 is 20.8 Å². The fourth-order valence-electron chi connectivity index (χ4n) is 2.68. The van der Waals surface area contributed by atoms with Crippen molar-refractivity contribution in [3.8, 4) is 10.8 Å². The Hall–Kier alpha value is -3.65. The zero-order chi connectivity index (χ0) is 19.5. The number of hydrogen-bond acceptors (Lipinski definition) is 5. The molecule has 4 rings (SSSR count). The molecule has 4 N–H and O–H groups in total. The number of furan rings is 1. The number of urea groups is 1. The number of rotatable bonds is 5. The van der Waals surface area contributed by atoms with E-state index in [0.29, 0.717) is 22.8 Å². The van der Waals surface area contributed by atoms with E-state index < -0.39 is 6.03 Å². The predicted molar refractivity (Wildman–Crippen MR) is 108 cm³/mol. The van der Waals surface area contributed by atoms with E-state index in [0.717, 1.165) is 15.2 Å². The molecule has 0 atom stereocenters. The van der Waals surface area contributed by atoms with Gasteiger partial charge in [-0.15, -0.1) is 11.3 Å². The van der Waals surface area contributed by atoms with Gasteiger partial charge in [0.2, 0.25) is 0 Å². The number of carbonyl (C=O) groups excluding carboxylic acids is 2. The summed E-state index contributed by atoms with van der Waals surface area (Å²) in [5.41, 5.74) is 6.98. The van der Waals surface area contributed by atoms with Crippen molar-refractivity contribution in [2.75, 3.05) is 5.32 Å². The number of thiazole rings is 1. The molecule has 4 aromatic rings. The van der Waals surface area contributed by atoms with Gasteiger partial charge >= 0.3 is 6.03 Å². The van der Waals surface area contributed by atoms with Gasteiger partial charge in [0.05, 0.1) is 16.8 Å². The lowest BCUT2D eigenvalue weighted by Crippen LogP contribution is -2.23. The van der Waals surface area contributed by atoms with Gasteiger partial charge in [0.1, 0.15) is 5.76 Å². The molecule has 0 aliphatic heterocycles. The largest absolute Gasteiger partial charge is 0.457 e. The fraction of sp³-hybridized carbons (Fsp3) is 0.0500. The molecule has 140 valence electrons. The third-order valence-corrected chi connectivity index (χ3v) is 5.06. The average molecular weight is 392 g/mol. The van der Waals surface area contributed by atoms with Gasteiger partial charge in [0.25, 0.3) is 5.91 Å². The standard InChI is InChI=1S/C20H16N4O3S/c21-20(26)23-13-7-5-12(6-8-13)18(25)22-11-14-9-10-16(27-14)19-24-15-3-1-2-4-17(15)28-19/h1-10H,11H2,(H,22,25)(H3,21,23,26). The van der Waals surface area contributed by atoms with Gasteiger partial charge in [-0.05, 0) is 48.5 Å². The van der Waals surface area contributed by atoms with Gasteiger partial charge in [0, 0.05) is 11.3 Å². The second kappa shape index (κ2) is 7.53. The SMILES string of the molecule is NC(=O)Nc1ccc(C(=O)NCc2ccc(-c3nc4ccccc4s3)o2)cc1. The van der Waals surface area contributed by atoms with E-state index >= 15 is 0 Å². The summed E-state index contributed by atoms with van der Waals surface area (Å²) in [6.45, 7) is 0.255. The van der Waals surface area contributed by atoms with Crippen LogP contribution < -0.4 is 16.4 Å². The lowest BCUT2D eigenvalue weighted by atomic mass is 10.2. The van der Waals surface area contributed by atoms with Crippen LogP contribution in [-0.2, 0) is 6.54 Å². The first kappa shape index (κ1) is 17.7. The minimum absolute atomic E-state index is 0.247. The number of carbonyl (C=O) groups is 2. The van der Waals surface area contributed by atoms with Crippen molar-refractivity contribution >= 4 is 39.2 Å². The van der Waals surface area contributed by atoms with Crippen molar-refractivity contribution in [2.24, 2.45) is 5.73 Å². The van der Waals surface area contributed by atoms with Crippen LogP contribution in [0, 0.1) is 0 Å². The number of benzene rings is 2. The topological polar surface area (TPSA) is 110 Å². The lowest BCUT2D eigenvalue weighted by Gasteiger charge is -2.05. The van der Waals surface area contributed by atoms with Gasteiger partial charge in [-0.3, -0.25) is 4.79 Å². The van der Waals surface area contributed by atoms with E-state index in [1.807, 2.05) is 36.4 Å². The maximum atomic E-state index is 12.3. The number of amides is 3. The molecule has 0 aliphatic rings. The van der Waals surface area contributed by atoms with E-state index in [1.54, 1.807) is 35.6 Å². The molecule has 2 heterocycles. The van der Waals surface area contributed by atoms with Crippen LogP contribution in [0.2, 0.25) is 0 Å². The Labute approximate surface area is 164 Å². The van der Waals surface area contributed by atoms with Gasteiger partial charge in [-0.25, -0.2) is 9.78 Å². The highest BCUT2D eigenvalue weighted by atomic mass is 32.1. The Kier molecular flexibility index (Phi) is 4.77. The number of fused-ring (bicyclic) bond motifs is 1. The Morgan fingerprint density at radius 3 is 2.57 bits per heavy atom. The average Bonchev–Trinajstić information content (AvgIpc) is 3.33. The van der Waals surface area contributed by atoms with Crippen LogP contribution in [0.25, 0.3) is 21.0 Å². The highest BCUT2D eigenvalue weighted by Crippen LogP contribution is 2.31. The number of primary amides is 1. The van der Waals surface area contributed by atoms with Crippen LogP contribution in [0.15, 0.2) is 65.1 Å².